The normalized spacial score (nSPS) is 23.2. The van der Waals surface area contributed by atoms with E-state index in [-0.39, 0.29) is 5.91 Å². The number of nitrogens with one attached hydrogen (secondary N) is 1. The zero-order valence-electron chi connectivity index (χ0n) is 12.2. The molecule has 106 valence electrons. The molecule has 2 aromatic rings. The number of aromatic amines is 1. The van der Waals surface area contributed by atoms with E-state index in [1.807, 2.05) is 29.3 Å². The average molecular weight is 270 g/mol. The van der Waals surface area contributed by atoms with Crippen molar-refractivity contribution in [2.45, 2.75) is 26.7 Å². The van der Waals surface area contributed by atoms with Crippen LogP contribution in [0.5, 0.6) is 0 Å². The van der Waals surface area contributed by atoms with Crippen LogP contribution in [0.1, 0.15) is 25.8 Å². The van der Waals surface area contributed by atoms with Gasteiger partial charge in [0, 0.05) is 30.2 Å². The number of nitrogens with zero attached hydrogens (tertiary/aromatic N) is 1. The van der Waals surface area contributed by atoms with E-state index in [0.717, 1.165) is 36.5 Å². The molecule has 1 aliphatic rings. The van der Waals surface area contributed by atoms with E-state index in [0.29, 0.717) is 12.3 Å². The van der Waals surface area contributed by atoms with Crippen molar-refractivity contribution in [1.82, 2.24) is 9.88 Å². The van der Waals surface area contributed by atoms with Gasteiger partial charge in [-0.3, -0.25) is 4.79 Å². The number of rotatable bonds is 2. The maximum atomic E-state index is 12.5. The van der Waals surface area contributed by atoms with Crippen molar-refractivity contribution < 1.29 is 4.79 Å². The maximum absolute atomic E-state index is 12.5. The van der Waals surface area contributed by atoms with Gasteiger partial charge in [0.15, 0.2) is 0 Å². The van der Waals surface area contributed by atoms with Gasteiger partial charge in [-0.2, -0.15) is 0 Å². The standard InChI is InChI=1S/C17H22N2O/c1-12-7-8-19(11-13(12)2)17(20)9-14-10-18-16-6-4-3-5-15(14)16/h3-6,10,12-13,18H,7-9,11H2,1-2H3. The van der Waals surface area contributed by atoms with Gasteiger partial charge in [-0.15, -0.1) is 0 Å². The molecule has 0 aliphatic carbocycles. The van der Waals surface area contributed by atoms with Gasteiger partial charge >= 0.3 is 0 Å². The zero-order chi connectivity index (χ0) is 14.1. The summed E-state index contributed by atoms with van der Waals surface area (Å²) in [6.45, 7) is 6.34. The average Bonchev–Trinajstić information content (AvgIpc) is 2.85. The molecule has 2 heterocycles. The Morgan fingerprint density at radius 2 is 2.10 bits per heavy atom. The second-order valence-corrected chi connectivity index (χ2v) is 6.12. The molecule has 3 heteroatoms. The van der Waals surface area contributed by atoms with E-state index >= 15 is 0 Å². The lowest BCUT2D eigenvalue weighted by molar-refractivity contribution is -0.132. The molecule has 1 fully saturated rings. The lowest BCUT2D eigenvalue weighted by atomic mass is 9.88. The van der Waals surface area contributed by atoms with Crippen LogP contribution < -0.4 is 0 Å². The van der Waals surface area contributed by atoms with Gasteiger partial charge in [0.25, 0.3) is 0 Å². The van der Waals surface area contributed by atoms with Crippen molar-refractivity contribution in [3.05, 3.63) is 36.0 Å². The summed E-state index contributed by atoms with van der Waals surface area (Å²) in [6.07, 6.45) is 3.60. The highest BCUT2D eigenvalue weighted by molar-refractivity contribution is 5.88. The highest BCUT2D eigenvalue weighted by atomic mass is 16.2. The third-order valence-corrected chi connectivity index (χ3v) is 4.70. The quantitative estimate of drug-likeness (QED) is 0.893. The molecule has 1 aromatic heterocycles. The molecule has 1 N–H and O–H groups in total. The number of likely N-dealkylation sites (tertiary alicyclic amines) is 1. The summed E-state index contributed by atoms with van der Waals surface area (Å²) in [4.78, 5) is 17.7. The Balaban J connectivity index is 1.73. The lowest BCUT2D eigenvalue weighted by Crippen LogP contribution is -2.42. The number of para-hydroxylation sites is 1. The van der Waals surface area contributed by atoms with Gasteiger partial charge in [-0.1, -0.05) is 32.0 Å². The van der Waals surface area contributed by atoms with Gasteiger partial charge in [-0.05, 0) is 29.9 Å². The maximum Gasteiger partial charge on any atom is 0.227 e. The van der Waals surface area contributed by atoms with Gasteiger partial charge in [-0.25, -0.2) is 0 Å². The molecule has 0 spiro atoms. The molecular weight excluding hydrogens is 248 g/mol. The Labute approximate surface area is 120 Å². The number of hydrogen-bond donors (Lipinski definition) is 1. The minimum Gasteiger partial charge on any atom is -0.361 e. The van der Waals surface area contributed by atoms with E-state index in [4.69, 9.17) is 0 Å². The van der Waals surface area contributed by atoms with Crippen LogP contribution in [0, 0.1) is 11.8 Å². The Bertz CT molecular complexity index is 616. The Morgan fingerprint density at radius 1 is 1.30 bits per heavy atom. The molecule has 2 atom stereocenters. The summed E-state index contributed by atoms with van der Waals surface area (Å²) >= 11 is 0. The predicted octanol–water partition coefficient (Wildman–Crippen LogP) is 3.21. The largest absolute Gasteiger partial charge is 0.361 e. The fraction of sp³-hybridized carbons (Fsp3) is 0.471. The number of aromatic nitrogens is 1. The second kappa shape index (κ2) is 5.31. The first kappa shape index (κ1) is 13.2. The summed E-state index contributed by atoms with van der Waals surface area (Å²) < 4.78 is 0. The summed E-state index contributed by atoms with van der Waals surface area (Å²) in [7, 11) is 0. The van der Waals surface area contributed by atoms with E-state index < -0.39 is 0 Å². The summed E-state index contributed by atoms with van der Waals surface area (Å²) in [6, 6.07) is 8.16. The number of H-pyrrole nitrogens is 1. The topological polar surface area (TPSA) is 36.1 Å². The van der Waals surface area contributed by atoms with Crippen molar-refractivity contribution in [2.75, 3.05) is 13.1 Å². The van der Waals surface area contributed by atoms with Crippen LogP contribution in [0.3, 0.4) is 0 Å². The number of fused-ring (bicyclic) bond motifs is 1. The van der Waals surface area contributed by atoms with E-state index in [2.05, 4.69) is 24.9 Å². The van der Waals surface area contributed by atoms with E-state index in [1.54, 1.807) is 0 Å². The third-order valence-electron chi connectivity index (χ3n) is 4.70. The SMILES string of the molecule is CC1CCN(C(=O)Cc2c[nH]c3ccccc23)CC1C. The molecule has 3 nitrogen and oxygen atoms in total. The molecule has 0 saturated carbocycles. The van der Waals surface area contributed by atoms with Crippen molar-refractivity contribution in [1.29, 1.82) is 0 Å². The Kier molecular flexibility index (Phi) is 3.51. The summed E-state index contributed by atoms with van der Waals surface area (Å²) in [5, 5.41) is 1.17. The molecule has 0 radical (unpaired) electrons. The first-order chi connectivity index (χ1) is 9.65. The minimum absolute atomic E-state index is 0.258. The van der Waals surface area contributed by atoms with Crippen LogP contribution in [0.15, 0.2) is 30.5 Å². The molecule has 2 unspecified atom stereocenters. The zero-order valence-corrected chi connectivity index (χ0v) is 12.2. The van der Waals surface area contributed by atoms with Crippen LogP contribution >= 0.6 is 0 Å². The second-order valence-electron chi connectivity index (χ2n) is 6.12. The number of carbonyl (C=O) groups excluding carboxylic acids is 1. The van der Waals surface area contributed by atoms with Gasteiger partial charge in [0.05, 0.1) is 6.42 Å². The Morgan fingerprint density at radius 3 is 2.90 bits per heavy atom. The fourth-order valence-electron chi connectivity index (χ4n) is 3.04. The summed E-state index contributed by atoms with van der Waals surface area (Å²) in [5.41, 5.74) is 2.22. The molecule has 1 saturated heterocycles. The minimum atomic E-state index is 0.258. The van der Waals surface area contributed by atoms with Crippen molar-refractivity contribution >= 4 is 16.8 Å². The van der Waals surface area contributed by atoms with Gasteiger partial charge in [0.2, 0.25) is 5.91 Å². The number of hydrogen-bond acceptors (Lipinski definition) is 1. The first-order valence-electron chi connectivity index (χ1n) is 7.48. The van der Waals surface area contributed by atoms with Crippen molar-refractivity contribution in [3.8, 4) is 0 Å². The molecule has 3 rings (SSSR count). The number of carbonyl (C=O) groups is 1. The highest BCUT2D eigenvalue weighted by Gasteiger charge is 2.26. The third kappa shape index (κ3) is 2.45. The van der Waals surface area contributed by atoms with Crippen LogP contribution in [0.2, 0.25) is 0 Å². The highest BCUT2D eigenvalue weighted by Crippen LogP contribution is 2.24. The molecule has 0 bridgehead atoms. The van der Waals surface area contributed by atoms with Crippen molar-refractivity contribution in [3.63, 3.8) is 0 Å². The van der Waals surface area contributed by atoms with Crippen molar-refractivity contribution in [2.24, 2.45) is 11.8 Å². The fourth-order valence-corrected chi connectivity index (χ4v) is 3.04. The molecule has 1 aromatic carbocycles. The molecule has 1 amide bonds. The molecular formula is C17H22N2O. The van der Waals surface area contributed by atoms with E-state index in [1.165, 1.54) is 5.39 Å². The van der Waals surface area contributed by atoms with Crippen LogP contribution in [0.25, 0.3) is 10.9 Å². The predicted molar refractivity (Wildman–Crippen MR) is 81.5 cm³/mol. The van der Waals surface area contributed by atoms with Gasteiger partial charge in [0.1, 0.15) is 0 Å². The number of amides is 1. The van der Waals surface area contributed by atoms with E-state index in [9.17, 15) is 4.79 Å². The van der Waals surface area contributed by atoms with Crippen LogP contribution in [-0.2, 0) is 11.2 Å². The smallest absolute Gasteiger partial charge is 0.227 e. The van der Waals surface area contributed by atoms with Crippen LogP contribution in [-0.4, -0.2) is 28.9 Å². The monoisotopic (exact) mass is 270 g/mol. The lowest BCUT2D eigenvalue weighted by Gasteiger charge is -2.35. The molecule has 20 heavy (non-hydrogen) atoms. The molecule has 1 aliphatic heterocycles. The first-order valence-corrected chi connectivity index (χ1v) is 7.48. The number of benzene rings is 1. The Hall–Kier alpha value is -1.77. The number of piperidine rings is 1. The van der Waals surface area contributed by atoms with Gasteiger partial charge < -0.3 is 9.88 Å². The summed E-state index contributed by atoms with van der Waals surface area (Å²) in [5.74, 6) is 1.59. The van der Waals surface area contributed by atoms with Crippen LogP contribution in [0.4, 0.5) is 0 Å².